The van der Waals surface area contributed by atoms with Crippen molar-refractivity contribution < 1.29 is 10.2 Å². The maximum atomic E-state index is 9.72. The van der Waals surface area contributed by atoms with Gasteiger partial charge in [-0.2, -0.15) is 0 Å². The van der Waals surface area contributed by atoms with Gasteiger partial charge in [0.15, 0.2) is 0 Å². The highest BCUT2D eigenvalue weighted by atomic mass is 79.9. The molecule has 14 heavy (non-hydrogen) atoms. The van der Waals surface area contributed by atoms with E-state index in [-0.39, 0.29) is 6.54 Å². The van der Waals surface area contributed by atoms with Crippen molar-refractivity contribution in [1.29, 1.82) is 0 Å². The van der Waals surface area contributed by atoms with Crippen molar-refractivity contribution in [2.75, 3.05) is 6.54 Å². The quantitative estimate of drug-likeness (QED) is 0.762. The lowest BCUT2D eigenvalue weighted by atomic mass is 10.00. The number of aryl methyl sites for hydroxylation is 1. The molecule has 0 aliphatic heterocycles. The van der Waals surface area contributed by atoms with Gasteiger partial charge >= 0.3 is 0 Å². The van der Waals surface area contributed by atoms with Crippen LogP contribution in [0.25, 0.3) is 0 Å². The Hall–Kier alpha value is -0.420. The molecule has 0 radical (unpaired) electrons. The highest BCUT2D eigenvalue weighted by Crippen LogP contribution is 2.23. The molecule has 1 aromatic rings. The second-order valence-corrected chi connectivity index (χ2v) is 4.16. The first-order valence-corrected chi connectivity index (χ1v) is 5.17. The Morgan fingerprint density at radius 2 is 2.07 bits per heavy atom. The minimum atomic E-state index is -0.909. The molecule has 3 nitrogen and oxygen atoms in total. The summed E-state index contributed by atoms with van der Waals surface area (Å²) in [6.07, 6.45) is -1.82. The summed E-state index contributed by atoms with van der Waals surface area (Å²) in [6, 6.07) is 5.50. The summed E-state index contributed by atoms with van der Waals surface area (Å²) in [5, 5.41) is 19.1. The lowest BCUT2D eigenvalue weighted by Crippen LogP contribution is -2.27. The molecular formula is C10H14BrNO2. The largest absolute Gasteiger partial charge is 0.389 e. The maximum Gasteiger partial charge on any atom is 0.106 e. The lowest BCUT2D eigenvalue weighted by Gasteiger charge is -2.18. The normalized spacial score (nSPS) is 15.2. The maximum absolute atomic E-state index is 9.72. The van der Waals surface area contributed by atoms with Crippen LogP contribution in [0.1, 0.15) is 17.2 Å². The average Bonchev–Trinajstić information content (AvgIpc) is 2.15. The first kappa shape index (κ1) is 11.7. The Balaban J connectivity index is 2.95. The molecule has 78 valence electrons. The van der Waals surface area contributed by atoms with E-state index in [2.05, 4.69) is 15.9 Å². The van der Waals surface area contributed by atoms with Crippen LogP contribution in [0.5, 0.6) is 0 Å². The van der Waals surface area contributed by atoms with E-state index in [0.717, 1.165) is 10.0 Å². The zero-order valence-electron chi connectivity index (χ0n) is 7.94. The summed E-state index contributed by atoms with van der Waals surface area (Å²) in [4.78, 5) is 0. The molecule has 0 spiro atoms. The SMILES string of the molecule is Cc1cc(Br)ccc1C(O)C(O)CN. The van der Waals surface area contributed by atoms with Crippen LogP contribution in [0.15, 0.2) is 22.7 Å². The molecule has 1 aromatic carbocycles. The monoisotopic (exact) mass is 259 g/mol. The third-order valence-corrected chi connectivity index (χ3v) is 2.65. The van der Waals surface area contributed by atoms with Gasteiger partial charge in [0.05, 0.1) is 6.10 Å². The van der Waals surface area contributed by atoms with Gasteiger partial charge in [-0.05, 0) is 30.2 Å². The van der Waals surface area contributed by atoms with Crippen LogP contribution in [0, 0.1) is 6.92 Å². The van der Waals surface area contributed by atoms with Crippen LogP contribution < -0.4 is 5.73 Å². The van der Waals surface area contributed by atoms with Crippen molar-refractivity contribution in [3.63, 3.8) is 0 Å². The van der Waals surface area contributed by atoms with Gasteiger partial charge in [-0.15, -0.1) is 0 Å². The van der Waals surface area contributed by atoms with Gasteiger partial charge in [-0.25, -0.2) is 0 Å². The van der Waals surface area contributed by atoms with Crippen molar-refractivity contribution >= 4 is 15.9 Å². The molecule has 2 unspecified atom stereocenters. The van der Waals surface area contributed by atoms with E-state index in [1.165, 1.54) is 0 Å². The van der Waals surface area contributed by atoms with Crippen LogP contribution in [0.4, 0.5) is 0 Å². The van der Waals surface area contributed by atoms with Crippen molar-refractivity contribution in [2.24, 2.45) is 5.73 Å². The van der Waals surface area contributed by atoms with Gasteiger partial charge in [0.25, 0.3) is 0 Å². The second-order valence-electron chi connectivity index (χ2n) is 3.25. The second kappa shape index (κ2) is 4.89. The molecule has 4 heteroatoms. The third kappa shape index (κ3) is 2.54. The van der Waals surface area contributed by atoms with E-state index in [1.54, 1.807) is 6.07 Å². The van der Waals surface area contributed by atoms with Crippen LogP contribution in [0.3, 0.4) is 0 Å². The fourth-order valence-electron chi connectivity index (χ4n) is 1.31. The number of hydrogen-bond acceptors (Lipinski definition) is 3. The minimum Gasteiger partial charge on any atom is -0.389 e. The Morgan fingerprint density at radius 3 is 2.57 bits per heavy atom. The molecule has 0 aromatic heterocycles. The highest BCUT2D eigenvalue weighted by molar-refractivity contribution is 9.10. The summed E-state index contributed by atoms with van der Waals surface area (Å²) in [7, 11) is 0. The number of halogens is 1. The van der Waals surface area contributed by atoms with E-state index < -0.39 is 12.2 Å². The van der Waals surface area contributed by atoms with Crippen molar-refractivity contribution in [3.8, 4) is 0 Å². The van der Waals surface area contributed by atoms with Crippen LogP contribution in [-0.2, 0) is 0 Å². The standard InChI is InChI=1S/C10H14BrNO2/c1-6-4-7(11)2-3-8(6)10(14)9(13)5-12/h2-4,9-10,13-14H,5,12H2,1H3. The van der Waals surface area contributed by atoms with E-state index in [9.17, 15) is 10.2 Å². The smallest absolute Gasteiger partial charge is 0.106 e. The van der Waals surface area contributed by atoms with Crippen molar-refractivity contribution in [1.82, 2.24) is 0 Å². The highest BCUT2D eigenvalue weighted by Gasteiger charge is 2.18. The number of rotatable bonds is 3. The third-order valence-electron chi connectivity index (χ3n) is 2.16. The molecule has 2 atom stereocenters. The first-order valence-electron chi connectivity index (χ1n) is 4.38. The van der Waals surface area contributed by atoms with Gasteiger partial charge in [-0.3, -0.25) is 0 Å². The number of benzene rings is 1. The van der Waals surface area contributed by atoms with Gasteiger partial charge < -0.3 is 15.9 Å². The average molecular weight is 260 g/mol. The summed E-state index contributed by atoms with van der Waals surface area (Å²) < 4.78 is 0.952. The molecule has 0 amide bonds. The number of hydrogen-bond donors (Lipinski definition) is 3. The predicted molar refractivity (Wildman–Crippen MR) is 58.9 cm³/mol. The van der Waals surface area contributed by atoms with Gasteiger partial charge in [0.1, 0.15) is 6.10 Å². The molecule has 0 heterocycles. The molecule has 0 fully saturated rings. The molecule has 0 aliphatic rings. The van der Waals surface area contributed by atoms with Gasteiger partial charge in [0, 0.05) is 11.0 Å². The molecule has 0 saturated carbocycles. The molecule has 0 saturated heterocycles. The van der Waals surface area contributed by atoms with E-state index in [1.807, 2.05) is 19.1 Å². The minimum absolute atomic E-state index is 0.0523. The van der Waals surface area contributed by atoms with E-state index in [0.29, 0.717) is 5.56 Å². The van der Waals surface area contributed by atoms with E-state index >= 15 is 0 Å². The Bertz CT molecular complexity index is 317. The summed E-state index contributed by atoms with van der Waals surface area (Å²) in [5.41, 5.74) is 6.92. The topological polar surface area (TPSA) is 66.5 Å². The van der Waals surface area contributed by atoms with Gasteiger partial charge in [0.2, 0.25) is 0 Å². The van der Waals surface area contributed by atoms with Crippen molar-refractivity contribution in [2.45, 2.75) is 19.1 Å². The Labute approximate surface area is 91.7 Å². The molecule has 4 N–H and O–H groups in total. The van der Waals surface area contributed by atoms with E-state index in [4.69, 9.17) is 5.73 Å². The number of nitrogens with two attached hydrogens (primary N) is 1. The van der Waals surface area contributed by atoms with Crippen molar-refractivity contribution in [3.05, 3.63) is 33.8 Å². The Kier molecular flexibility index (Phi) is 4.07. The summed E-state index contributed by atoms with van der Waals surface area (Å²) in [6.45, 7) is 1.93. The molecular weight excluding hydrogens is 246 g/mol. The number of aliphatic hydroxyl groups is 2. The van der Waals surface area contributed by atoms with Gasteiger partial charge in [-0.1, -0.05) is 22.0 Å². The first-order chi connectivity index (χ1) is 6.56. The fourth-order valence-corrected chi connectivity index (χ4v) is 1.78. The van der Waals surface area contributed by atoms with Crippen LogP contribution >= 0.6 is 15.9 Å². The van der Waals surface area contributed by atoms with Crippen LogP contribution in [0.2, 0.25) is 0 Å². The fraction of sp³-hybridized carbons (Fsp3) is 0.400. The molecule has 0 aliphatic carbocycles. The molecule has 0 bridgehead atoms. The predicted octanol–water partition coefficient (Wildman–Crippen LogP) is 1.11. The number of aliphatic hydroxyl groups excluding tert-OH is 2. The zero-order chi connectivity index (χ0) is 10.7. The molecule has 1 rings (SSSR count). The summed E-state index contributed by atoms with van der Waals surface area (Å²) in [5.74, 6) is 0. The Morgan fingerprint density at radius 1 is 1.43 bits per heavy atom. The van der Waals surface area contributed by atoms with Crippen LogP contribution in [-0.4, -0.2) is 22.9 Å². The summed E-state index contributed by atoms with van der Waals surface area (Å²) >= 11 is 3.33. The lowest BCUT2D eigenvalue weighted by molar-refractivity contribution is 0.0239. The zero-order valence-corrected chi connectivity index (χ0v) is 9.53.